The first-order valence-electron chi connectivity index (χ1n) is 15.5. The van der Waals surface area contributed by atoms with Crippen LogP contribution >= 0.6 is 23.2 Å². The van der Waals surface area contributed by atoms with E-state index in [0.717, 1.165) is 11.1 Å². The molecule has 0 radical (unpaired) electrons. The van der Waals surface area contributed by atoms with Crippen LogP contribution in [-0.2, 0) is 26.2 Å². The van der Waals surface area contributed by atoms with Crippen molar-refractivity contribution >= 4 is 61.9 Å². The molecule has 1 fully saturated rings. The maximum atomic E-state index is 13.6. The standard InChI is InChI=1S/C32H42Cl2N8O5S/c1-20-9-10-21-6-4-8-25(29(21)39-20)47-19-23-24(33)11-12-26(28(23)34)48(45,46)40-32(2,3)30(44)42-16-14-41(15-17-42)27(43)18-22(35)7-5-13-38-31(36)37/h4,6,8-12,22,40H,5,7,13-19,35H2,1-3H3,(H4,36,37,38)/t22-/m1/s1. The Bertz CT molecular complexity index is 1790. The van der Waals surface area contributed by atoms with Gasteiger partial charge >= 0.3 is 0 Å². The van der Waals surface area contributed by atoms with Gasteiger partial charge in [0.1, 0.15) is 28.3 Å². The van der Waals surface area contributed by atoms with Gasteiger partial charge in [0.05, 0.1) is 5.02 Å². The van der Waals surface area contributed by atoms with E-state index in [2.05, 4.69) is 14.7 Å². The Labute approximate surface area is 290 Å². The van der Waals surface area contributed by atoms with Crippen LogP contribution in [0.2, 0.25) is 10.0 Å². The van der Waals surface area contributed by atoms with Gasteiger partial charge in [-0.15, -0.1) is 0 Å². The SMILES string of the molecule is Cc1ccc2cccc(OCc3c(Cl)ccc(S(=O)(=O)NC(C)(C)C(=O)N4CCN(C(=O)C[C@H](N)CCCN=C(N)N)CC4)c3Cl)c2n1. The number of aliphatic imine (C=N–C) groups is 1. The Morgan fingerprint density at radius 1 is 1.06 bits per heavy atom. The molecular formula is C32H42Cl2N8O5S. The summed E-state index contributed by atoms with van der Waals surface area (Å²) in [6.45, 7) is 6.22. The Balaban J connectivity index is 1.38. The molecule has 1 aliphatic heterocycles. The minimum absolute atomic E-state index is 0.0118. The molecule has 16 heteroatoms. The normalized spacial score (nSPS) is 14.5. The summed E-state index contributed by atoms with van der Waals surface area (Å²) in [4.78, 5) is 37.8. The number of nitrogens with one attached hydrogen (secondary N) is 1. The van der Waals surface area contributed by atoms with Gasteiger partial charge in [-0.1, -0.05) is 41.4 Å². The van der Waals surface area contributed by atoms with E-state index in [4.69, 9.17) is 45.1 Å². The van der Waals surface area contributed by atoms with Crippen molar-refractivity contribution in [2.24, 2.45) is 22.2 Å². The average molecular weight is 722 g/mol. The summed E-state index contributed by atoms with van der Waals surface area (Å²) in [5.41, 5.74) is 17.0. The van der Waals surface area contributed by atoms with Gasteiger partial charge in [0.15, 0.2) is 5.96 Å². The Morgan fingerprint density at radius 2 is 1.75 bits per heavy atom. The van der Waals surface area contributed by atoms with E-state index in [1.807, 2.05) is 31.2 Å². The predicted octanol–water partition coefficient (Wildman–Crippen LogP) is 2.93. The Hall–Kier alpha value is -3.69. The number of carbonyl (C=O) groups excluding carboxylic acids is 2. The topological polar surface area (TPSA) is 199 Å². The summed E-state index contributed by atoms with van der Waals surface area (Å²) in [5.74, 6) is -0.0502. The Kier molecular flexibility index (Phi) is 12.1. The molecule has 0 aliphatic carbocycles. The molecule has 0 saturated carbocycles. The molecule has 260 valence electrons. The number of pyridine rings is 1. The highest BCUT2D eigenvalue weighted by Gasteiger charge is 2.39. The van der Waals surface area contributed by atoms with Crippen LogP contribution in [0.1, 0.15) is 44.4 Å². The first-order valence-corrected chi connectivity index (χ1v) is 17.7. The smallest absolute Gasteiger partial charge is 0.243 e. The summed E-state index contributed by atoms with van der Waals surface area (Å²) in [7, 11) is -4.30. The largest absolute Gasteiger partial charge is 0.487 e. The number of halogens is 2. The lowest BCUT2D eigenvalue weighted by Crippen LogP contribution is -2.60. The maximum absolute atomic E-state index is 13.6. The fraction of sp³-hybridized carbons (Fsp3) is 0.438. The maximum Gasteiger partial charge on any atom is 0.243 e. The molecule has 2 aromatic carbocycles. The molecule has 3 aromatic rings. The first-order chi connectivity index (χ1) is 22.6. The number of hydrogen-bond donors (Lipinski definition) is 4. The lowest BCUT2D eigenvalue weighted by Gasteiger charge is -2.39. The number of fused-ring (bicyclic) bond motifs is 1. The number of aromatic nitrogens is 1. The molecule has 1 aliphatic rings. The molecule has 0 unspecified atom stereocenters. The van der Waals surface area contributed by atoms with Gasteiger partial charge in [0, 0.05) is 66.9 Å². The number of nitrogens with two attached hydrogens (primary N) is 3. The van der Waals surface area contributed by atoms with E-state index in [1.165, 1.54) is 30.9 Å². The highest BCUT2D eigenvalue weighted by atomic mass is 35.5. The van der Waals surface area contributed by atoms with Gasteiger partial charge in [0.2, 0.25) is 21.8 Å². The van der Waals surface area contributed by atoms with Crippen molar-refractivity contribution in [3.8, 4) is 5.75 Å². The molecule has 13 nitrogen and oxygen atoms in total. The summed E-state index contributed by atoms with van der Waals surface area (Å²) in [5, 5.41) is 0.981. The molecule has 1 atom stereocenters. The molecule has 7 N–H and O–H groups in total. The second-order valence-electron chi connectivity index (χ2n) is 12.2. The van der Waals surface area contributed by atoms with Gasteiger partial charge in [-0.05, 0) is 57.9 Å². The molecule has 4 rings (SSSR count). The fourth-order valence-electron chi connectivity index (χ4n) is 5.41. The summed E-state index contributed by atoms with van der Waals surface area (Å²) >= 11 is 13.1. The number of aryl methyl sites for hydroxylation is 1. The van der Waals surface area contributed by atoms with E-state index in [9.17, 15) is 18.0 Å². The highest BCUT2D eigenvalue weighted by molar-refractivity contribution is 7.89. The van der Waals surface area contributed by atoms with E-state index >= 15 is 0 Å². The summed E-state index contributed by atoms with van der Waals surface area (Å²) < 4.78 is 35.8. The van der Waals surface area contributed by atoms with Crippen molar-refractivity contribution in [2.45, 2.75) is 63.1 Å². The molecule has 1 aromatic heterocycles. The van der Waals surface area contributed by atoms with Gasteiger partial charge in [0.25, 0.3) is 0 Å². The zero-order valence-electron chi connectivity index (χ0n) is 27.2. The number of sulfonamides is 1. The summed E-state index contributed by atoms with van der Waals surface area (Å²) in [6.07, 6.45) is 1.40. The van der Waals surface area contributed by atoms with Crippen LogP contribution in [0, 0.1) is 6.92 Å². The molecule has 2 heterocycles. The zero-order chi connectivity index (χ0) is 35.2. The van der Waals surface area contributed by atoms with E-state index in [0.29, 0.717) is 43.7 Å². The van der Waals surface area contributed by atoms with Crippen LogP contribution in [0.25, 0.3) is 10.9 Å². The number of piperazine rings is 1. The number of benzene rings is 2. The third-order valence-corrected chi connectivity index (χ3v) is 10.5. The molecule has 1 saturated heterocycles. The van der Waals surface area contributed by atoms with E-state index in [-0.39, 0.29) is 64.5 Å². The number of nitrogens with zero attached hydrogens (tertiary/aromatic N) is 4. The molecule has 48 heavy (non-hydrogen) atoms. The quantitative estimate of drug-likeness (QED) is 0.116. The van der Waals surface area contributed by atoms with Crippen LogP contribution in [0.4, 0.5) is 0 Å². The summed E-state index contributed by atoms with van der Waals surface area (Å²) in [6, 6.07) is 11.7. The number of para-hydroxylation sites is 1. The molecule has 2 amide bonds. The molecule has 0 spiro atoms. The average Bonchev–Trinajstić information content (AvgIpc) is 3.02. The van der Waals surface area contributed by atoms with Crippen molar-refractivity contribution in [1.29, 1.82) is 0 Å². The Morgan fingerprint density at radius 3 is 2.44 bits per heavy atom. The lowest BCUT2D eigenvalue weighted by atomic mass is 10.0. The van der Waals surface area contributed by atoms with Crippen LogP contribution in [-0.4, -0.2) is 85.3 Å². The number of rotatable bonds is 13. The number of amides is 2. The van der Waals surface area contributed by atoms with Gasteiger partial charge in [-0.2, -0.15) is 4.72 Å². The second kappa shape index (κ2) is 15.7. The number of ether oxygens (including phenoxy) is 1. The minimum atomic E-state index is -4.30. The van der Waals surface area contributed by atoms with Crippen LogP contribution in [0.15, 0.2) is 52.4 Å². The third-order valence-electron chi connectivity index (χ3n) is 7.94. The van der Waals surface area contributed by atoms with Crippen molar-refractivity contribution < 1.29 is 22.7 Å². The lowest BCUT2D eigenvalue weighted by molar-refractivity contribution is -0.142. The third kappa shape index (κ3) is 9.26. The van der Waals surface area contributed by atoms with Crippen LogP contribution in [0.3, 0.4) is 0 Å². The monoisotopic (exact) mass is 720 g/mol. The van der Waals surface area contributed by atoms with E-state index in [1.54, 1.807) is 11.0 Å². The minimum Gasteiger partial charge on any atom is -0.487 e. The van der Waals surface area contributed by atoms with Crippen molar-refractivity contribution in [3.05, 3.63) is 63.8 Å². The zero-order valence-corrected chi connectivity index (χ0v) is 29.5. The van der Waals surface area contributed by atoms with Gasteiger partial charge in [-0.25, -0.2) is 13.4 Å². The highest BCUT2D eigenvalue weighted by Crippen LogP contribution is 2.34. The van der Waals surface area contributed by atoms with E-state index < -0.39 is 21.5 Å². The number of carbonyl (C=O) groups is 2. The van der Waals surface area contributed by atoms with Crippen molar-refractivity contribution in [2.75, 3.05) is 32.7 Å². The molecular weight excluding hydrogens is 679 g/mol. The first kappa shape index (κ1) is 37.1. The van der Waals surface area contributed by atoms with Gasteiger partial charge < -0.3 is 31.7 Å². The predicted molar refractivity (Wildman–Crippen MR) is 187 cm³/mol. The second-order valence-corrected chi connectivity index (χ2v) is 14.7. The molecule has 0 bridgehead atoms. The van der Waals surface area contributed by atoms with Crippen molar-refractivity contribution in [1.82, 2.24) is 19.5 Å². The van der Waals surface area contributed by atoms with Gasteiger partial charge in [-0.3, -0.25) is 14.6 Å². The van der Waals surface area contributed by atoms with Crippen LogP contribution in [0.5, 0.6) is 5.75 Å². The number of guanidine groups is 1. The fourth-order valence-corrected chi connectivity index (χ4v) is 7.67. The van der Waals surface area contributed by atoms with Crippen molar-refractivity contribution in [3.63, 3.8) is 0 Å². The van der Waals surface area contributed by atoms with Crippen LogP contribution < -0.4 is 26.7 Å². The number of hydrogen-bond acceptors (Lipinski definition) is 8.